The van der Waals surface area contributed by atoms with Gasteiger partial charge in [-0.05, 0) is 36.5 Å². The monoisotopic (exact) mass is 207 g/mol. The summed E-state index contributed by atoms with van der Waals surface area (Å²) in [6.45, 7) is 0.0830. The Morgan fingerprint density at radius 2 is 2.00 bits per heavy atom. The van der Waals surface area contributed by atoms with Crippen molar-refractivity contribution in [1.29, 1.82) is 0 Å². The molecule has 0 heterocycles. The normalized spacial score (nSPS) is 29.7. The van der Waals surface area contributed by atoms with Crippen LogP contribution in [0.4, 0.5) is 0 Å². The number of methoxy groups -OCH3 is 1. The summed E-state index contributed by atoms with van der Waals surface area (Å²) in [4.78, 5) is 0. The van der Waals surface area contributed by atoms with E-state index in [4.69, 9.17) is 15.6 Å². The van der Waals surface area contributed by atoms with Gasteiger partial charge in [0.25, 0.3) is 0 Å². The largest absolute Gasteiger partial charge is 0.497 e. The number of hydrogen-bond acceptors (Lipinski definition) is 3. The molecule has 1 saturated carbocycles. The molecule has 0 radical (unpaired) electrons. The van der Waals surface area contributed by atoms with Crippen LogP contribution in [0.3, 0.4) is 0 Å². The molecule has 1 aliphatic rings. The molecular weight excluding hydrogens is 190 g/mol. The highest BCUT2D eigenvalue weighted by atomic mass is 16.5. The molecule has 3 N–H and O–H groups in total. The summed E-state index contributed by atoms with van der Waals surface area (Å²) in [6.07, 6.45) is 1.74. The van der Waals surface area contributed by atoms with Crippen LogP contribution in [0, 0.1) is 0 Å². The Morgan fingerprint density at radius 1 is 1.40 bits per heavy atom. The molecule has 15 heavy (non-hydrogen) atoms. The molecule has 1 fully saturated rings. The molecule has 2 rings (SSSR count). The molecule has 0 aromatic heterocycles. The van der Waals surface area contributed by atoms with Crippen molar-refractivity contribution in [2.24, 2.45) is 5.73 Å². The lowest BCUT2D eigenvalue weighted by Gasteiger charge is -2.44. The molecule has 0 bridgehead atoms. The molecule has 0 saturated heterocycles. The fourth-order valence-corrected chi connectivity index (χ4v) is 2.16. The minimum Gasteiger partial charge on any atom is -0.497 e. The van der Waals surface area contributed by atoms with Crippen LogP contribution in [0.15, 0.2) is 24.3 Å². The maximum atomic E-state index is 9.05. The highest BCUT2D eigenvalue weighted by molar-refractivity contribution is 5.31. The molecular formula is C12H17NO2. The van der Waals surface area contributed by atoms with E-state index in [1.54, 1.807) is 7.11 Å². The van der Waals surface area contributed by atoms with Gasteiger partial charge in [0, 0.05) is 5.54 Å². The van der Waals surface area contributed by atoms with E-state index in [1.807, 2.05) is 12.1 Å². The average molecular weight is 207 g/mol. The van der Waals surface area contributed by atoms with E-state index in [1.165, 1.54) is 5.56 Å². The lowest BCUT2D eigenvalue weighted by atomic mass is 9.66. The molecule has 0 unspecified atom stereocenters. The number of aliphatic hydroxyl groups excluding tert-OH is 1. The SMILES string of the molecule is COc1ccc(C2CC(N)(CO)C2)cc1. The van der Waals surface area contributed by atoms with Crippen molar-refractivity contribution in [2.45, 2.75) is 24.3 Å². The van der Waals surface area contributed by atoms with E-state index in [-0.39, 0.29) is 12.1 Å². The Bertz CT molecular complexity index is 328. The van der Waals surface area contributed by atoms with Gasteiger partial charge < -0.3 is 15.6 Å². The highest BCUT2D eigenvalue weighted by Crippen LogP contribution is 2.42. The number of rotatable bonds is 3. The minimum absolute atomic E-state index is 0.0830. The second kappa shape index (κ2) is 3.83. The number of hydrogen-bond donors (Lipinski definition) is 2. The van der Waals surface area contributed by atoms with Gasteiger partial charge in [-0.3, -0.25) is 0 Å². The molecule has 0 atom stereocenters. The second-order valence-electron chi connectivity index (χ2n) is 4.40. The summed E-state index contributed by atoms with van der Waals surface area (Å²) in [5, 5.41) is 9.05. The van der Waals surface area contributed by atoms with E-state index < -0.39 is 0 Å². The fraction of sp³-hybridized carbons (Fsp3) is 0.500. The van der Waals surface area contributed by atoms with Gasteiger partial charge in [0.2, 0.25) is 0 Å². The molecule has 82 valence electrons. The van der Waals surface area contributed by atoms with Crippen LogP contribution < -0.4 is 10.5 Å². The standard InChI is InChI=1S/C12H17NO2/c1-15-11-4-2-9(3-5-11)10-6-12(13,7-10)8-14/h2-5,10,14H,6-8,13H2,1H3. The zero-order valence-corrected chi connectivity index (χ0v) is 8.94. The van der Waals surface area contributed by atoms with Crippen molar-refractivity contribution in [1.82, 2.24) is 0 Å². The van der Waals surface area contributed by atoms with Crippen molar-refractivity contribution in [3.63, 3.8) is 0 Å². The first-order valence-corrected chi connectivity index (χ1v) is 5.20. The van der Waals surface area contributed by atoms with Gasteiger partial charge in [-0.25, -0.2) is 0 Å². The van der Waals surface area contributed by atoms with Gasteiger partial charge in [-0.1, -0.05) is 12.1 Å². The second-order valence-corrected chi connectivity index (χ2v) is 4.40. The van der Waals surface area contributed by atoms with Crippen LogP contribution in [-0.4, -0.2) is 24.4 Å². The van der Waals surface area contributed by atoms with Crippen molar-refractivity contribution in [3.8, 4) is 5.75 Å². The highest BCUT2D eigenvalue weighted by Gasteiger charge is 2.40. The first kappa shape index (κ1) is 10.5. The van der Waals surface area contributed by atoms with Crippen LogP contribution in [0.5, 0.6) is 5.75 Å². The summed E-state index contributed by atoms with van der Waals surface area (Å²) in [6, 6.07) is 8.07. The van der Waals surface area contributed by atoms with Crippen LogP contribution in [0.2, 0.25) is 0 Å². The van der Waals surface area contributed by atoms with Crippen LogP contribution in [0.1, 0.15) is 24.3 Å². The summed E-state index contributed by atoms with van der Waals surface area (Å²) in [5.41, 5.74) is 6.85. The van der Waals surface area contributed by atoms with Crippen molar-refractivity contribution in [2.75, 3.05) is 13.7 Å². The third-order valence-electron chi connectivity index (χ3n) is 3.21. The Balaban J connectivity index is 2.01. The number of aliphatic hydroxyl groups is 1. The molecule has 1 aromatic carbocycles. The number of benzene rings is 1. The Labute approximate surface area is 89.9 Å². The molecule has 3 heteroatoms. The third-order valence-corrected chi connectivity index (χ3v) is 3.21. The maximum Gasteiger partial charge on any atom is 0.118 e. The zero-order chi connectivity index (χ0) is 10.9. The predicted octanol–water partition coefficient (Wildman–Crippen LogP) is 1.26. The average Bonchev–Trinajstić information content (AvgIpc) is 2.25. The first-order valence-electron chi connectivity index (χ1n) is 5.20. The summed E-state index contributed by atoms with van der Waals surface area (Å²) < 4.78 is 5.10. The van der Waals surface area contributed by atoms with E-state index >= 15 is 0 Å². The topological polar surface area (TPSA) is 55.5 Å². The Morgan fingerprint density at radius 3 is 2.47 bits per heavy atom. The van der Waals surface area contributed by atoms with E-state index in [2.05, 4.69) is 12.1 Å². The molecule has 3 nitrogen and oxygen atoms in total. The van der Waals surface area contributed by atoms with Gasteiger partial charge in [0.1, 0.15) is 5.75 Å². The fourth-order valence-electron chi connectivity index (χ4n) is 2.16. The van der Waals surface area contributed by atoms with E-state index in [0.29, 0.717) is 5.92 Å². The smallest absolute Gasteiger partial charge is 0.118 e. The van der Waals surface area contributed by atoms with E-state index in [9.17, 15) is 0 Å². The van der Waals surface area contributed by atoms with Crippen LogP contribution >= 0.6 is 0 Å². The Kier molecular flexibility index (Phi) is 2.67. The van der Waals surface area contributed by atoms with E-state index in [0.717, 1.165) is 18.6 Å². The molecule has 1 aromatic rings. The van der Waals surface area contributed by atoms with Gasteiger partial charge in [-0.15, -0.1) is 0 Å². The summed E-state index contributed by atoms with van der Waals surface area (Å²) in [7, 11) is 1.66. The quantitative estimate of drug-likeness (QED) is 0.784. The van der Waals surface area contributed by atoms with Gasteiger partial charge in [-0.2, -0.15) is 0 Å². The minimum atomic E-state index is -0.343. The Hall–Kier alpha value is -1.06. The third kappa shape index (κ3) is 1.98. The summed E-state index contributed by atoms with van der Waals surface area (Å²) in [5.74, 6) is 1.37. The van der Waals surface area contributed by atoms with Gasteiger partial charge >= 0.3 is 0 Å². The maximum absolute atomic E-state index is 9.05. The number of ether oxygens (including phenoxy) is 1. The van der Waals surface area contributed by atoms with Crippen molar-refractivity contribution in [3.05, 3.63) is 29.8 Å². The lowest BCUT2D eigenvalue weighted by Crippen LogP contribution is -2.53. The molecule has 0 amide bonds. The number of nitrogens with two attached hydrogens (primary N) is 1. The zero-order valence-electron chi connectivity index (χ0n) is 8.94. The van der Waals surface area contributed by atoms with Crippen LogP contribution in [-0.2, 0) is 0 Å². The van der Waals surface area contributed by atoms with Crippen molar-refractivity contribution >= 4 is 0 Å². The molecule has 0 aliphatic heterocycles. The van der Waals surface area contributed by atoms with Gasteiger partial charge in [0.15, 0.2) is 0 Å². The lowest BCUT2D eigenvalue weighted by molar-refractivity contribution is 0.106. The van der Waals surface area contributed by atoms with Crippen LogP contribution in [0.25, 0.3) is 0 Å². The molecule has 0 spiro atoms. The molecule has 1 aliphatic carbocycles. The predicted molar refractivity (Wildman–Crippen MR) is 59.0 cm³/mol. The van der Waals surface area contributed by atoms with Crippen molar-refractivity contribution < 1.29 is 9.84 Å². The van der Waals surface area contributed by atoms with Gasteiger partial charge in [0.05, 0.1) is 13.7 Å². The first-order chi connectivity index (χ1) is 7.17. The summed E-state index contributed by atoms with van der Waals surface area (Å²) >= 11 is 0.